The number of rotatable bonds is 5. The molecule has 7 nitrogen and oxygen atoms in total. The molecule has 3 aromatic rings. The second kappa shape index (κ2) is 8.86. The lowest BCUT2D eigenvalue weighted by molar-refractivity contribution is -0.131. The number of carbonyl (C=O) groups excluding carboxylic acids is 2. The Kier molecular flexibility index (Phi) is 5.84. The average Bonchev–Trinajstić information content (AvgIpc) is 2.92. The first kappa shape index (κ1) is 19.1. The first-order chi connectivity index (χ1) is 14.2. The fourth-order valence-electron chi connectivity index (χ4n) is 3.76. The number of amides is 2. The van der Waals surface area contributed by atoms with E-state index in [0.29, 0.717) is 11.4 Å². The topological polar surface area (TPSA) is 80.1 Å². The molecule has 0 spiro atoms. The van der Waals surface area contributed by atoms with Crippen LogP contribution in [0.15, 0.2) is 48.8 Å². The quantitative estimate of drug-likeness (QED) is 0.725. The number of benzene rings is 1. The van der Waals surface area contributed by atoms with Crippen LogP contribution in [0.1, 0.15) is 41.9 Å². The molecule has 1 aliphatic heterocycles. The van der Waals surface area contributed by atoms with Gasteiger partial charge in [0, 0.05) is 31.0 Å². The van der Waals surface area contributed by atoms with Gasteiger partial charge in [0.2, 0.25) is 5.91 Å². The molecule has 2 amide bonds. The van der Waals surface area contributed by atoms with Crippen LogP contribution in [0.2, 0.25) is 0 Å². The molecule has 7 heteroatoms. The van der Waals surface area contributed by atoms with E-state index >= 15 is 0 Å². The maximum absolute atomic E-state index is 13.0. The minimum absolute atomic E-state index is 0.108. The standard InChI is InChI=1S/C22H25N5O2/c28-21(26-13-5-1-2-6-14-26)16-27-19-8-4-3-7-18(19)25-20(27)15-24-22(29)17-9-11-23-12-10-17/h3-4,7-12H,1-2,5-6,13-16H2,(H,24,29). The van der Waals surface area contributed by atoms with Gasteiger partial charge in [-0.2, -0.15) is 0 Å². The Balaban J connectivity index is 1.54. The molecule has 150 valence electrons. The normalized spacial score (nSPS) is 14.6. The van der Waals surface area contributed by atoms with Gasteiger partial charge in [0.05, 0.1) is 17.6 Å². The Morgan fingerprint density at radius 2 is 1.69 bits per heavy atom. The Bertz CT molecular complexity index is 991. The van der Waals surface area contributed by atoms with Gasteiger partial charge in [-0.3, -0.25) is 14.6 Å². The van der Waals surface area contributed by atoms with E-state index in [2.05, 4.69) is 15.3 Å². The number of para-hydroxylation sites is 2. The largest absolute Gasteiger partial charge is 0.345 e. The monoisotopic (exact) mass is 391 g/mol. The molecular formula is C22H25N5O2. The fourth-order valence-corrected chi connectivity index (χ4v) is 3.76. The highest BCUT2D eigenvalue weighted by molar-refractivity contribution is 5.94. The second-order valence-corrected chi connectivity index (χ2v) is 7.32. The van der Waals surface area contributed by atoms with E-state index in [9.17, 15) is 9.59 Å². The molecule has 1 fully saturated rings. The highest BCUT2D eigenvalue weighted by atomic mass is 16.2. The van der Waals surface area contributed by atoms with Gasteiger partial charge in [0.1, 0.15) is 12.4 Å². The van der Waals surface area contributed by atoms with Gasteiger partial charge in [-0.15, -0.1) is 0 Å². The van der Waals surface area contributed by atoms with Crippen LogP contribution in [0.4, 0.5) is 0 Å². The van der Waals surface area contributed by atoms with Crippen molar-refractivity contribution in [3.05, 3.63) is 60.2 Å². The van der Waals surface area contributed by atoms with E-state index in [0.717, 1.165) is 37.0 Å². The number of imidazole rings is 1. The van der Waals surface area contributed by atoms with E-state index in [1.54, 1.807) is 24.5 Å². The third-order valence-electron chi connectivity index (χ3n) is 5.34. The number of nitrogens with one attached hydrogen (secondary N) is 1. The number of pyridine rings is 1. The zero-order chi connectivity index (χ0) is 20.1. The molecule has 4 rings (SSSR count). The molecule has 1 aliphatic rings. The third-order valence-corrected chi connectivity index (χ3v) is 5.34. The molecular weight excluding hydrogens is 366 g/mol. The molecule has 1 saturated heterocycles. The molecule has 0 bridgehead atoms. The van der Waals surface area contributed by atoms with Gasteiger partial charge >= 0.3 is 0 Å². The Morgan fingerprint density at radius 1 is 0.966 bits per heavy atom. The lowest BCUT2D eigenvalue weighted by Gasteiger charge is -2.21. The number of nitrogens with zero attached hydrogens (tertiary/aromatic N) is 4. The number of hydrogen-bond donors (Lipinski definition) is 1. The summed E-state index contributed by atoms with van der Waals surface area (Å²) in [7, 11) is 0. The number of carbonyl (C=O) groups is 2. The van der Waals surface area contributed by atoms with Crippen molar-refractivity contribution in [1.82, 2.24) is 24.8 Å². The van der Waals surface area contributed by atoms with Gasteiger partial charge in [0.25, 0.3) is 5.91 Å². The van der Waals surface area contributed by atoms with Crippen molar-refractivity contribution in [3.8, 4) is 0 Å². The molecule has 2 aromatic heterocycles. The number of aromatic nitrogens is 3. The van der Waals surface area contributed by atoms with Gasteiger partial charge in [-0.1, -0.05) is 25.0 Å². The predicted molar refractivity (Wildman–Crippen MR) is 110 cm³/mol. The van der Waals surface area contributed by atoms with Crippen LogP contribution in [-0.2, 0) is 17.9 Å². The van der Waals surface area contributed by atoms with Gasteiger partial charge < -0.3 is 14.8 Å². The number of likely N-dealkylation sites (tertiary alicyclic amines) is 1. The molecule has 1 aromatic carbocycles. The molecule has 29 heavy (non-hydrogen) atoms. The van der Waals surface area contributed by atoms with Crippen molar-refractivity contribution >= 4 is 22.8 Å². The van der Waals surface area contributed by atoms with Crippen molar-refractivity contribution in [3.63, 3.8) is 0 Å². The van der Waals surface area contributed by atoms with Crippen LogP contribution in [0.5, 0.6) is 0 Å². The van der Waals surface area contributed by atoms with Crippen LogP contribution in [0.25, 0.3) is 11.0 Å². The highest BCUT2D eigenvalue weighted by Gasteiger charge is 2.19. The molecule has 0 saturated carbocycles. The van der Waals surface area contributed by atoms with Gasteiger partial charge in [-0.05, 0) is 37.1 Å². The number of fused-ring (bicyclic) bond motifs is 1. The Morgan fingerprint density at radius 3 is 2.45 bits per heavy atom. The summed E-state index contributed by atoms with van der Waals surface area (Å²) in [6.45, 7) is 2.13. The Hall–Kier alpha value is -3.22. The van der Waals surface area contributed by atoms with Crippen LogP contribution in [0.3, 0.4) is 0 Å². The van der Waals surface area contributed by atoms with Crippen LogP contribution < -0.4 is 5.32 Å². The average molecular weight is 391 g/mol. The fraction of sp³-hybridized carbons (Fsp3) is 0.364. The molecule has 0 radical (unpaired) electrons. The molecule has 3 heterocycles. The SMILES string of the molecule is O=C(NCc1nc2ccccc2n1CC(=O)N1CCCCCC1)c1ccncc1. The number of hydrogen-bond acceptors (Lipinski definition) is 4. The minimum atomic E-state index is -0.190. The maximum atomic E-state index is 13.0. The predicted octanol–water partition coefficient (Wildman–Crippen LogP) is 2.76. The first-order valence-electron chi connectivity index (χ1n) is 10.1. The van der Waals surface area contributed by atoms with Crippen molar-refractivity contribution in [1.29, 1.82) is 0 Å². The van der Waals surface area contributed by atoms with Crippen LogP contribution >= 0.6 is 0 Å². The van der Waals surface area contributed by atoms with Crippen molar-refractivity contribution in [2.75, 3.05) is 13.1 Å². The third kappa shape index (κ3) is 4.45. The Labute approximate surface area is 169 Å². The molecule has 0 unspecified atom stereocenters. The zero-order valence-electron chi connectivity index (χ0n) is 16.4. The molecule has 0 atom stereocenters. The lowest BCUT2D eigenvalue weighted by Crippen LogP contribution is -2.35. The van der Waals surface area contributed by atoms with Gasteiger partial charge in [0.15, 0.2) is 0 Å². The van der Waals surface area contributed by atoms with Gasteiger partial charge in [-0.25, -0.2) is 4.98 Å². The molecule has 1 N–H and O–H groups in total. The van der Waals surface area contributed by atoms with Crippen LogP contribution in [-0.4, -0.2) is 44.3 Å². The zero-order valence-corrected chi connectivity index (χ0v) is 16.4. The molecule has 0 aliphatic carbocycles. The lowest BCUT2D eigenvalue weighted by atomic mass is 10.2. The summed E-state index contributed by atoms with van der Waals surface area (Å²) in [4.78, 5) is 35.9. The highest BCUT2D eigenvalue weighted by Crippen LogP contribution is 2.18. The second-order valence-electron chi connectivity index (χ2n) is 7.32. The summed E-state index contributed by atoms with van der Waals surface area (Å²) in [5.41, 5.74) is 2.27. The first-order valence-corrected chi connectivity index (χ1v) is 10.1. The van der Waals surface area contributed by atoms with E-state index < -0.39 is 0 Å². The summed E-state index contributed by atoms with van der Waals surface area (Å²) in [6.07, 6.45) is 7.67. The van der Waals surface area contributed by atoms with E-state index in [1.165, 1.54) is 12.8 Å². The van der Waals surface area contributed by atoms with Crippen molar-refractivity contribution in [2.45, 2.75) is 38.8 Å². The van der Waals surface area contributed by atoms with Crippen molar-refractivity contribution in [2.24, 2.45) is 0 Å². The minimum Gasteiger partial charge on any atom is -0.345 e. The van der Waals surface area contributed by atoms with E-state index in [4.69, 9.17) is 0 Å². The summed E-state index contributed by atoms with van der Waals surface area (Å²) in [5.74, 6) is 0.596. The van der Waals surface area contributed by atoms with E-state index in [-0.39, 0.29) is 24.9 Å². The summed E-state index contributed by atoms with van der Waals surface area (Å²) >= 11 is 0. The summed E-state index contributed by atoms with van der Waals surface area (Å²) in [6, 6.07) is 11.1. The summed E-state index contributed by atoms with van der Waals surface area (Å²) < 4.78 is 1.93. The smallest absolute Gasteiger partial charge is 0.251 e. The van der Waals surface area contributed by atoms with Crippen molar-refractivity contribution < 1.29 is 9.59 Å². The van der Waals surface area contributed by atoms with Crippen LogP contribution in [0, 0.1) is 0 Å². The summed E-state index contributed by atoms with van der Waals surface area (Å²) in [5, 5.41) is 2.90. The maximum Gasteiger partial charge on any atom is 0.251 e. The van der Waals surface area contributed by atoms with E-state index in [1.807, 2.05) is 33.7 Å².